The van der Waals surface area contributed by atoms with E-state index in [0.29, 0.717) is 28.7 Å². The van der Waals surface area contributed by atoms with Crippen LogP contribution in [0.3, 0.4) is 0 Å². The minimum absolute atomic E-state index is 0.0753. The molecule has 106 valence electrons. The van der Waals surface area contributed by atoms with Crippen LogP contribution < -0.4 is 20.6 Å². The van der Waals surface area contributed by atoms with Crippen molar-refractivity contribution in [3.8, 4) is 23.8 Å². The van der Waals surface area contributed by atoms with E-state index in [1.165, 1.54) is 6.21 Å². The van der Waals surface area contributed by atoms with E-state index in [1.807, 2.05) is 6.92 Å². The minimum Gasteiger partial charge on any atom is -0.490 e. The molecule has 0 aromatic heterocycles. The molecule has 1 aromatic rings. The third-order valence-corrected chi connectivity index (χ3v) is 2.39. The number of nitrogens with one attached hydrogen (secondary N) is 1. The van der Waals surface area contributed by atoms with Crippen LogP contribution >= 0.6 is 23.8 Å². The van der Waals surface area contributed by atoms with Gasteiger partial charge in [-0.25, -0.2) is 0 Å². The molecule has 0 radical (unpaired) electrons. The second kappa shape index (κ2) is 8.25. The van der Waals surface area contributed by atoms with Crippen LogP contribution in [0, 0.1) is 12.3 Å². The monoisotopic (exact) mass is 311 g/mol. The average Bonchev–Trinajstić information content (AvgIpc) is 2.38. The first-order chi connectivity index (χ1) is 9.58. The van der Waals surface area contributed by atoms with E-state index >= 15 is 0 Å². The molecule has 1 rings (SSSR count). The minimum atomic E-state index is 0.0753. The van der Waals surface area contributed by atoms with E-state index in [2.05, 4.69) is 28.7 Å². The molecule has 0 aliphatic heterocycles. The largest absolute Gasteiger partial charge is 0.490 e. The van der Waals surface area contributed by atoms with Crippen molar-refractivity contribution in [2.24, 2.45) is 10.8 Å². The van der Waals surface area contributed by atoms with Crippen molar-refractivity contribution in [3.05, 3.63) is 22.7 Å². The van der Waals surface area contributed by atoms with Crippen molar-refractivity contribution in [2.45, 2.75) is 6.92 Å². The number of hydrogen-bond donors (Lipinski definition) is 2. The van der Waals surface area contributed by atoms with Crippen molar-refractivity contribution in [3.63, 3.8) is 0 Å². The van der Waals surface area contributed by atoms with Crippen LogP contribution in [0.4, 0.5) is 0 Å². The van der Waals surface area contributed by atoms with Crippen LogP contribution in [0.1, 0.15) is 12.5 Å². The van der Waals surface area contributed by atoms with Crippen molar-refractivity contribution in [1.82, 2.24) is 5.43 Å². The zero-order valence-corrected chi connectivity index (χ0v) is 12.4. The lowest BCUT2D eigenvalue weighted by Crippen LogP contribution is -2.23. The number of thiocarbonyl (C=S) groups is 1. The van der Waals surface area contributed by atoms with Gasteiger partial charge in [0.1, 0.15) is 6.61 Å². The maximum Gasteiger partial charge on any atom is 0.184 e. The molecule has 0 spiro atoms. The van der Waals surface area contributed by atoms with E-state index in [0.717, 1.165) is 0 Å². The lowest BCUT2D eigenvalue weighted by Gasteiger charge is -2.12. The Kier molecular flexibility index (Phi) is 6.64. The van der Waals surface area contributed by atoms with E-state index in [-0.39, 0.29) is 11.7 Å². The van der Waals surface area contributed by atoms with Gasteiger partial charge in [0.2, 0.25) is 0 Å². The highest BCUT2D eigenvalue weighted by Gasteiger charge is 2.11. The fourth-order valence-electron chi connectivity index (χ4n) is 1.35. The zero-order chi connectivity index (χ0) is 15.0. The van der Waals surface area contributed by atoms with Crippen LogP contribution in [0.2, 0.25) is 5.02 Å². The fourth-order valence-corrected chi connectivity index (χ4v) is 1.68. The molecule has 7 heteroatoms. The SMILES string of the molecule is C#CCOc1c(Cl)cc(/C=N/NC(N)=S)cc1OCC. The van der Waals surface area contributed by atoms with Gasteiger partial charge in [-0.2, -0.15) is 5.10 Å². The van der Waals surface area contributed by atoms with Crippen molar-refractivity contribution < 1.29 is 9.47 Å². The first kappa shape index (κ1) is 16.1. The normalized spacial score (nSPS) is 10.1. The molecule has 3 N–H and O–H groups in total. The first-order valence-corrected chi connectivity index (χ1v) is 6.48. The topological polar surface area (TPSA) is 68.9 Å². The van der Waals surface area contributed by atoms with Gasteiger partial charge in [0.25, 0.3) is 0 Å². The summed E-state index contributed by atoms with van der Waals surface area (Å²) in [6.45, 7) is 2.43. The highest BCUT2D eigenvalue weighted by molar-refractivity contribution is 7.80. The predicted octanol–water partition coefficient (Wildman–Crippen LogP) is 1.92. The highest BCUT2D eigenvalue weighted by atomic mass is 35.5. The molecule has 0 bridgehead atoms. The number of benzene rings is 1. The van der Waals surface area contributed by atoms with Crippen LogP contribution in [0.5, 0.6) is 11.5 Å². The number of rotatable bonds is 6. The third kappa shape index (κ3) is 4.96. The number of nitrogens with two attached hydrogens (primary N) is 1. The molecule has 5 nitrogen and oxygen atoms in total. The van der Waals surface area contributed by atoms with E-state index in [1.54, 1.807) is 12.1 Å². The summed E-state index contributed by atoms with van der Waals surface area (Å²) < 4.78 is 10.8. The number of terminal acetylenes is 1. The summed E-state index contributed by atoms with van der Waals surface area (Å²) in [5.41, 5.74) is 8.41. The Morgan fingerprint density at radius 2 is 2.35 bits per heavy atom. The van der Waals surface area contributed by atoms with Gasteiger partial charge in [-0.15, -0.1) is 6.42 Å². The quantitative estimate of drug-likeness (QED) is 0.363. The number of nitrogens with zero attached hydrogens (tertiary/aromatic N) is 1. The summed E-state index contributed by atoms with van der Waals surface area (Å²) in [5.74, 6) is 3.27. The van der Waals surface area contributed by atoms with Crippen LogP contribution in [-0.2, 0) is 0 Å². The number of halogens is 1. The Morgan fingerprint density at radius 3 is 2.95 bits per heavy atom. The molecule has 0 atom stereocenters. The van der Waals surface area contributed by atoms with E-state index in [4.69, 9.17) is 33.2 Å². The third-order valence-electron chi connectivity index (χ3n) is 2.02. The standard InChI is InChI=1S/C13H14ClN3O2S/c1-3-5-19-12-10(14)6-9(7-11(12)18-4-2)8-16-17-13(15)20/h1,6-8H,4-5H2,2H3,(H3,15,17,20)/b16-8+. The summed E-state index contributed by atoms with van der Waals surface area (Å²) in [4.78, 5) is 0. The van der Waals surface area contributed by atoms with E-state index < -0.39 is 0 Å². The summed E-state index contributed by atoms with van der Waals surface area (Å²) in [6, 6.07) is 3.40. The van der Waals surface area contributed by atoms with Crippen LogP contribution in [0.15, 0.2) is 17.2 Å². The summed E-state index contributed by atoms with van der Waals surface area (Å²) in [6.07, 6.45) is 6.67. The van der Waals surface area contributed by atoms with Crippen LogP contribution in [0.25, 0.3) is 0 Å². The molecule has 0 saturated heterocycles. The van der Waals surface area contributed by atoms with Gasteiger partial charge >= 0.3 is 0 Å². The van der Waals surface area contributed by atoms with Gasteiger partial charge in [0, 0.05) is 0 Å². The van der Waals surface area contributed by atoms with Gasteiger partial charge in [0.05, 0.1) is 17.8 Å². The molecule has 0 aliphatic rings. The van der Waals surface area contributed by atoms with Crippen molar-refractivity contribution >= 4 is 35.1 Å². The first-order valence-electron chi connectivity index (χ1n) is 5.69. The maximum absolute atomic E-state index is 6.14. The molecule has 0 saturated carbocycles. The molecule has 0 fully saturated rings. The summed E-state index contributed by atoms with van der Waals surface area (Å²) in [7, 11) is 0. The lowest BCUT2D eigenvalue weighted by molar-refractivity contribution is 0.299. The Balaban J connectivity index is 3.03. The smallest absolute Gasteiger partial charge is 0.184 e. The molecule has 0 unspecified atom stereocenters. The zero-order valence-electron chi connectivity index (χ0n) is 10.9. The van der Waals surface area contributed by atoms with Gasteiger partial charge in [-0.3, -0.25) is 5.43 Å². The van der Waals surface area contributed by atoms with Gasteiger partial charge in [-0.1, -0.05) is 17.5 Å². The molecule has 20 heavy (non-hydrogen) atoms. The van der Waals surface area contributed by atoms with Crippen LogP contribution in [-0.4, -0.2) is 24.5 Å². The Bertz CT molecular complexity index is 555. The molecule has 0 aliphatic carbocycles. The van der Waals surface area contributed by atoms with Crippen molar-refractivity contribution in [1.29, 1.82) is 0 Å². The molecule has 1 aromatic carbocycles. The molecule has 0 amide bonds. The maximum atomic E-state index is 6.14. The molecular weight excluding hydrogens is 298 g/mol. The molecule has 0 heterocycles. The molecular formula is C13H14ClN3O2S. The number of hydrogen-bond acceptors (Lipinski definition) is 4. The van der Waals surface area contributed by atoms with Gasteiger partial charge < -0.3 is 15.2 Å². The Labute approximate surface area is 128 Å². The number of hydrazone groups is 1. The Hall–Kier alpha value is -1.97. The summed E-state index contributed by atoms with van der Waals surface area (Å²) in [5, 5.41) is 4.30. The number of ether oxygens (including phenoxy) is 2. The predicted molar refractivity (Wildman–Crippen MR) is 84.5 cm³/mol. The van der Waals surface area contributed by atoms with E-state index in [9.17, 15) is 0 Å². The lowest BCUT2D eigenvalue weighted by atomic mass is 10.2. The average molecular weight is 312 g/mol. The van der Waals surface area contributed by atoms with Gasteiger partial charge in [0.15, 0.2) is 16.6 Å². The van der Waals surface area contributed by atoms with Gasteiger partial charge in [-0.05, 0) is 36.8 Å². The summed E-state index contributed by atoms with van der Waals surface area (Å²) >= 11 is 10.8. The Morgan fingerprint density at radius 1 is 1.60 bits per heavy atom. The second-order valence-corrected chi connectivity index (χ2v) is 4.34. The van der Waals surface area contributed by atoms with Crippen molar-refractivity contribution in [2.75, 3.05) is 13.2 Å². The second-order valence-electron chi connectivity index (χ2n) is 3.49. The fraction of sp³-hybridized carbons (Fsp3) is 0.231. The highest BCUT2D eigenvalue weighted by Crippen LogP contribution is 2.36.